The number of nitrogen functional groups attached to an aromatic ring is 1. The van der Waals surface area contributed by atoms with Gasteiger partial charge in [0.25, 0.3) is 11.5 Å². The molecule has 0 radical (unpaired) electrons. The van der Waals surface area contributed by atoms with Gasteiger partial charge in [0.1, 0.15) is 6.29 Å². The number of ketones is 2. The monoisotopic (exact) mass is 719 g/mol. The number of nitrogens with zero attached hydrogens (tertiary/aromatic N) is 3. The molecule has 0 saturated carbocycles. The third kappa shape index (κ3) is 12.9. The number of benzene rings is 1. The van der Waals surface area contributed by atoms with E-state index in [4.69, 9.17) is 5.73 Å². The van der Waals surface area contributed by atoms with Gasteiger partial charge in [0.15, 0.2) is 22.7 Å². The number of aromatic amines is 1. The van der Waals surface area contributed by atoms with E-state index in [-0.39, 0.29) is 53.5 Å². The van der Waals surface area contributed by atoms with Gasteiger partial charge in [0.2, 0.25) is 5.95 Å². The van der Waals surface area contributed by atoms with Crippen LogP contribution in [0.2, 0.25) is 0 Å². The van der Waals surface area contributed by atoms with Gasteiger partial charge in [-0.3, -0.25) is 24.2 Å². The lowest BCUT2D eigenvalue weighted by Gasteiger charge is -2.30. The summed E-state index contributed by atoms with van der Waals surface area (Å²) in [4.78, 5) is 77.6. The first-order chi connectivity index (χ1) is 24.5. The van der Waals surface area contributed by atoms with Crippen molar-refractivity contribution in [2.75, 3.05) is 24.1 Å². The number of carbonyl (C=O) groups excluding carboxylic acids is 4. The number of carbonyl (C=O) groups is 4. The second kappa shape index (κ2) is 18.8. The minimum Gasteiger partial charge on any atom is -0.379 e. The Labute approximate surface area is 306 Å². The van der Waals surface area contributed by atoms with Crippen LogP contribution in [-0.4, -0.2) is 73.9 Å². The molecule has 0 aliphatic heterocycles. The minimum absolute atomic E-state index is 0.0363. The SMILES string of the molecule is CCC(C)(NCCC(C)(C)C)C(=O)CCCCCNC(C)(C)C(=O)CCC(C=O)NC(=O)c1ccc(NCc2cnc3nc(N)[nH]c(=O)c3n2)cc1. The number of nitrogens with one attached hydrogen (secondary N) is 5. The maximum atomic E-state index is 13.1. The van der Waals surface area contributed by atoms with Crippen LogP contribution in [0, 0.1) is 5.41 Å². The molecule has 2 atom stereocenters. The molecule has 0 spiro atoms. The van der Waals surface area contributed by atoms with Crippen molar-refractivity contribution in [2.24, 2.45) is 5.41 Å². The van der Waals surface area contributed by atoms with Crippen molar-refractivity contribution in [3.8, 4) is 0 Å². The van der Waals surface area contributed by atoms with Crippen LogP contribution in [0.3, 0.4) is 0 Å². The van der Waals surface area contributed by atoms with Crippen molar-refractivity contribution >= 4 is 46.6 Å². The number of anilines is 2. The van der Waals surface area contributed by atoms with Crippen LogP contribution < -0.4 is 32.6 Å². The average molecular weight is 720 g/mol. The largest absolute Gasteiger partial charge is 0.379 e. The predicted molar refractivity (Wildman–Crippen MR) is 204 cm³/mol. The molecule has 0 aliphatic carbocycles. The fourth-order valence-corrected chi connectivity index (χ4v) is 5.51. The Kier molecular flexibility index (Phi) is 15.1. The lowest BCUT2D eigenvalue weighted by atomic mass is 9.88. The van der Waals surface area contributed by atoms with Gasteiger partial charge in [0.05, 0.1) is 35.6 Å². The number of fused-ring (bicyclic) bond motifs is 1. The molecular weight excluding hydrogens is 662 g/mol. The van der Waals surface area contributed by atoms with Gasteiger partial charge in [-0.2, -0.15) is 4.98 Å². The van der Waals surface area contributed by atoms with E-state index in [0.29, 0.717) is 36.2 Å². The van der Waals surface area contributed by atoms with Crippen LogP contribution in [0.1, 0.15) is 116 Å². The van der Waals surface area contributed by atoms with Crippen LogP contribution >= 0.6 is 0 Å². The van der Waals surface area contributed by atoms with E-state index < -0.39 is 28.6 Å². The Bertz CT molecular complexity index is 1730. The fraction of sp³-hybridized carbons (Fsp3) is 0.579. The van der Waals surface area contributed by atoms with E-state index in [1.807, 2.05) is 27.7 Å². The predicted octanol–water partition coefficient (Wildman–Crippen LogP) is 4.25. The standard InChI is InChI=1S/C38H57N9O5/c1-8-38(7,43-21-19-36(2,3)4)30(50)12-10-9-11-20-42-37(5,6)29(49)18-17-27(24-48)45-33(51)25-13-15-26(16-14-25)40-22-28-23-41-32-31(44-28)34(52)47-35(39)46-32/h13-16,23-24,27,40,42-43H,8-12,17-22H2,1-7H3,(H,45,51)(H3,39,41,46,47,52). The number of H-pyrrole nitrogens is 1. The third-order valence-corrected chi connectivity index (χ3v) is 9.33. The van der Waals surface area contributed by atoms with E-state index in [1.54, 1.807) is 24.3 Å². The van der Waals surface area contributed by atoms with E-state index in [1.165, 1.54) is 6.20 Å². The number of aldehydes is 1. The Morgan fingerprint density at radius 3 is 2.29 bits per heavy atom. The van der Waals surface area contributed by atoms with Gasteiger partial charge in [-0.15, -0.1) is 0 Å². The number of Topliss-reactive ketones (excluding diaryl/α,β-unsaturated/α-hetero) is 2. The van der Waals surface area contributed by atoms with Crippen LogP contribution in [0.15, 0.2) is 35.3 Å². The Balaban J connectivity index is 1.37. The maximum absolute atomic E-state index is 13.1. The molecule has 0 fully saturated rings. The van der Waals surface area contributed by atoms with Crippen LogP contribution in [-0.2, 0) is 20.9 Å². The number of hydrogen-bond donors (Lipinski definition) is 6. The van der Waals surface area contributed by atoms with Crippen LogP contribution in [0.4, 0.5) is 11.6 Å². The van der Waals surface area contributed by atoms with Gasteiger partial charge < -0.3 is 31.8 Å². The number of unbranched alkanes of at least 4 members (excludes halogenated alkanes) is 2. The molecular formula is C38H57N9O5. The van der Waals surface area contributed by atoms with Crippen molar-refractivity contribution in [2.45, 2.75) is 123 Å². The van der Waals surface area contributed by atoms with Crippen molar-refractivity contribution in [1.29, 1.82) is 0 Å². The van der Waals surface area contributed by atoms with E-state index in [2.05, 4.69) is 62.0 Å². The van der Waals surface area contributed by atoms with Gasteiger partial charge in [-0.05, 0) is 95.6 Å². The van der Waals surface area contributed by atoms with Crippen molar-refractivity contribution in [3.63, 3.8) is 0 Å². The lowest BCUT2D eigenvalue weighted by molar-refractivity contribution is -0.125. The zero-order valence-electron chi connectivity index (χ0n) is 31.8. The molecule has 2 aromatic heterocycles. The minimum atomic E-state index is -0.821. The van der Waals surface area contributed by atoms with Crippen molar-refractivity contribution < 1.29 is 19.2 Å². The van der Waals surface area contributed by atoms with Crippen molar-refractivity contribution in [3.05, 3.63) is 52.1 Å². The maximum Gasteiger partial charge on any atom is 0.280 e. The quantitative estimate of drug-likeness (QED) is 0.0635. The first-order valence-corrected chi connectivity index (χ1v) is 18.1. The smallest absolute Gasteiger partial charge is 0.280 e. The van der Waals surface area contributed by atoms with E-state index in [9.17, 15) is 24.0 Å². The summed E-state index contributed by atoms with van der Waals surface area (Å²) in [7, 11) is 0. The number of nitrogens with two attached hydrogens (primary N) is 1. The highest BCUT2D eigenvalue weighted by atomic mass is 16.2. The number of rotatable bonds is 22. The summed E-state index contributed by atoms with van der Waals surface area (Å²) < 4.78 is 0. The zero-order chi connectivity index (χ0) is 38.5. The number of aromatic nitrogens is 4. The summed E-state index contributed by atoms with van der Waals surface area (Å²) in [6.07, 6.45) is 7.21. The second-order valence-corrected chi connectivity index (χ2v) is 15.3. The van der Waals surface area contributed by atoms with Crippen LogP contribution in [0.5, 0.6) is 0 Å². The summed E-state index contributed by atoms with van der Waals surface area (Å²) in [6.45, 7) is 16.0. The Hall–Kier alpha value is -4.56. The van der Waals surface area contributed by atoms with Gasteiger partial charge >= 0.3 is 0 Å². The molecule has 1 aromatic carbocycles. The van der Waals surface area contributed by atoms with Gasteiger partial charge in [-0.1, -0.05) is 34.1 Å². The number of amides is 1. The first-order valence-electron chi connectivity index (χ1n) is 18.1. The average Bonchev–Trinajstić information content (AvgIpc) is 3.09. The van der Waals surface area contributed by atoms with Gasteiger partial charge in [0, 0.05) is 24.1 Å². The molecule has 0 aliphatic rings. The molecule has 3 aromatic rings. The first kappa shape index (κ1) is 41.9. The van der Waals surface area contributed by atoms with Crippen molar-refractivity contribution in [1.82, 2.24) is 35.9 Å². The highest BCUT2D eigenvalue weighted by Gasteiger charge is 2.30. The molecule has 3 rings (SSSR count). The highest BCUT2D eigenvalue weighted by molar-refractivity contribution is 5.96. The van der Waals surface area contributed by atoms with E-state index >= 15 is 0 Å². The molecule has 0 bridgehead atoms. The number of hydrogen-bond acceptors (Lipinski definition) is 12. The lowest BCUT2D eigenvalue weighted by Crippen LogP contribution is -2.49. The molecule has 52 heavy (non-hydrogen) atoms. The summed E-state index contributed by atoms with van der Waals surface area (Å²) in [5.41, 5.74) is 5.77. The highest BCUT2D eigenvalue weighted by Crippen LogP contribution is 2.21. The molecule has 2 unspecified atom stereocenters. The third-order valence-electron chi connectivity index (χ3n) is 9.33. The molecule has 1 amide bonds. The molecule has 284 valence electrons. The Morgan fingerprint density at radius 2 is 1.63 bits per heavy atom. The zero-order valence-corrected chi connectivity index (χ0v) is 31.8. The van der Waals surface area contributed by atoms with E-state index in [0.717, 1.165) is 38.6 Å². The Morgan fingerprint density at radius 1 is 0.923 bits per heavy atom. The molecule has 2 heterocycles. The fourth-order valence-electron chi connectivity index (χ4n) is 5.51. The second-order valence-electron chi connectivity index (χ2n) is 15.3. The molecule has 7 N–H and O–H groups in total. The molecule has 0 saturated heterocycles. The summed E-state index contributed by atoms with van der Waals surface area (Å²) in [5, 5.41) is 12.7. The normalized spacial score (nSPS) is 13.7. The molecule has 14 nitrogen and oxygen atoms in total. The van der Waals surface area contributed by atoms with Gasteiger partial charge in [-0.25, -0.2) is 9.97 Å². The molecule has 14 heteroatoms. The summed E-state index contributed by atoms with van der Waals surface area (Å²) in [5.74, 6) is -0.280. The summed E-state index contributed by atoms with van der Waals surface area (Å²) >= 11 is 0. The topological polar surface area (TPSA) is 214 Å². The van der Waals surface area contributed by atoms with Crippen LogP contribution in [0.25, 0.3) is 11.2 Å². The summed E-state index contributed by atoms with van der Waals surface area (Å²) in [6, 6.07) is 5.82.